The van der Waals surface area contributed by atoms with Gasteiger partial charge < -0.3 is 10.6 Å². The number of amides is 2. The number of likely N-dealkylation sites (tertiary alicyclic amines) is 1. The average molecular weight is 319 g/mol. The summed E-state index contributed by atoms with van der Waals surface area (Å²) in [4.78, 5) is 26.5. The smallest absolute Gasteiger partial charge is 0.241 e. The van der Waals surface area contributed by atoms with Gasteiger partial charge in [-0.25, -0.2) is 4.39 Å². The van der Waals surface area contributed by atoms with E-state index in [1.165, 1.54) is 13.1 Å². The molecule has 2 atom stereocenters. The number of likely N-dealkylation sites (N-methyl/N-ethyl adjacent to an activating group) is 1. The molecule has 0 aliphatic carbocycles. The molecule has 2 N–H and O–H groups in total. The fraction of sp³-hybridized carbons (Fsp3) is 0.412. The minimum atomic E-state index is -0.816. The monoisotopic (exact) mass is 319 g/mol. The summed E-state index contributed by atoms with van der Waals surface area (Å²) in [5, 5.41) is 5.33. The second kappa shape index (κ2) is 7.87. The van der Waals surface area contributed by atoms with E-state index < -0.39 is 17.9 Å². The van der Waals surface area contributed by atoms with Crippen molar-refractivity contribution in [2.45, 2.75) is 24.9 Å². The Morgan fingerprint density at radius 1 is 1.48 bits per heavy atom. The topological polar surface area (TPSA) is 61.4 Å². The van der Waals surface area contributed by atoms with E-state index >= 15 is 0 Å². The standard InChI is InChI=1S/C17H22FN3O2/c1-3-10-20-16(22)14-9-6-11-21(14)15(17(23)19-2)12-7-4-5-8-13(12)18/h3-5,7-8,14-15H,1,6,9-11H2,2H3,(H,19,23)(H,20,22)/t14-,15+/m0/s1. The van der Waals surface area contributed by atoms with Gasteiger partial charge in [0.05, 0.1) is 6.04 Å². The van der Waals surface area contributed by atoms with Crippen LogP contribution in [-0.4, -0.2) is 42.9 Å². The Balaban J connectivity index is 2.31. The van der Waals surface area contributed by atoms with Crippen molar-refractivity contribution in [3.05, 3.63) is 48.3 Å². The number of nitrogens with one attached hydrogen (secondary N) is 2. The van der Waals surface area contributed by atoms with Crippen LogP contribution >= 0.6 is 0 Å². The molecule has 1 fully saturated rings. The van der Waals surface area contributed by atoms with Gasteiger partial charge in [-0.15, -0.1) is 6.58 Å². The summed E-state index contributed by atoms with van der Waals surface area (Å²) >= 11 is 0. The zero-order chi connectivity index (χ0) is 16.8. The van der Waals surface area contributed by atoms with Crippen LogP contribution in [0.3, 0.4) is 0 Å². The highest BCUT2D eigenvalue weighted by Gasteiger charge is 2.39. The maximum atomic E-state index is 14.2. The molecule has 0 bridgehead atoms. The molecule has 1 heterocycles. The molecule has 2 amide bonds. The summed E-state index contributed by atoms with van der Waals surface area (Å²) in [7, 11) is 1.51. The molecule has 0 unspecified atom stereocenters. The number of carbonyl (C=O) groups excluding carboxylic acids is 2. The Morgan fingerprint density at radius 2 is 2.22 bits per heavy atom. The summed E-state index contributed by atoms with van der Waals surface area (Å²) in [6.45, 7) is 4.51. The maximum absolute atomic E-state index is 14.2. The highest BCUT2D eigenvalue weighted by Crippen LogP contribution is 2.31. The van der Waals surface area contributed by atoms with Gasteiger partial charge in [0.1, 0.15) is 11.9 Å². The second-order valence-electron chi connectivity index (χ2n) is 5.47. The molecule has 1 aliphatic rings. The summed E-state index contributed by atoms with van der Waals surface area (Å²) in [6.07, 6.45) is 3.03. The van der Waals surface area contributed by atoms with Gasteiger partial charge >= 0.3 is 0 Å². The van der Waals surface area contributed by atoms with E-state index in [1.807, 2.05) is 0 Å². The van der Waals surface area contributed by atoms with E-state index in [0.29, 0.717) is 19.5 Å². The van der Waals surface area contributed by atoms with Crippen LogP contribution in [-0.2, 0) is 9.59 Å². The molecule has 1 aromatic carbocycles. The lowest BCUT2D eigenvalue weighted by molar-refractivity contribution is -0.131. The third-order valence-corrected chi connectivity index (χ3v) is 4.04. The van der Waals surface area contributed by atoms with Crippen LogP contribution < -0.4 is 10.6 Å². The predicted molar refractivity (Wildman–Crippen MR) is 86.1 cm³/mol. The molecule has 0 radical (unpaired) electrons. The van der Waals surface area contributed by atoms with Crippen molar-refractivity contribution in [2.24, 2.45) is 0 Å². The molecule has 0 aromatic heterocycles. The van der Waals surface area contributed by atoms with Gasteiger partial charge in [-0.1, -0.05) is 24.3 Å². The number of halogens is 1. The molecule has 1 saturated heterocycles. The summed E-state index contributed by atoms with van der Waals surface area (Å²) in [5.74, 6) is -0.926. The number of rotatable bonds is 6. The first-order valence-corrected chi connectivity index (χ1v) is 7.70. The van der Waals surface area contributed by atoms with Crippen LogP contribution in [0.1, 0.15) is 24.4 Å². The fourth-order valence-corrected chi connectivity index (χ4v) is 2.97. The number of hydrogen-bond acceptors (Lipinski definition) is 3. The predicted octanol–water partition coefficient (Wildman–Crippen LogP) is 1.38. The second-order valence-corrected chi connectivity index (χ2v) is 5.47. The number of nitrogens with zero attached hydrogens (tertiary/aromatic N) is 1. The number of carbonyl (C=O) groups is 2. The summed E-state index contributed by atoms with van der Waals surface area (Å²) < 4.78 is 14.2. The van der Waals surface area contributed by atoms with Crippen molar-refractivity contribution >= 4 is 11.8 Å². The van der Waals surface area contributed by atoms with Gasteiger partial charge in [0, 0.05) is 25.7 Å². The summed E-state index contributed by atoms with van der Waals surface area (Å²) in [5.41, 5.74) is 0.287. The Morgan fingerprint density at radius 3 is 2.87 bits per heavy atom. The minimum Gasteiger partial charge on any atom is -0.358 e. The molecule has 2 rings (SSSR count). The average Bonchev–Trinajstić information content (AvgIpc) is 3.03. The molecule has 5 nitrogen and oxygen atoms in total. The lowest BCUT2D eigenvalue weighted by atomic mass is 10.0. The highest BCUT2D eigenvalue weighted by atomic mass is 19.1. The minimum absolute atomic E-state index is 0.160. The first-order valence-electron chi connectivity index (χ1n) is 7.70. The fourth-order valence-electron chi connectivity index (χ4n) is 2.97. The third-order valence-electron chi connectivity index (χ3n) is 4.04. The van der Waals surface area contributed by atoms with Crippen LogP contribution in [0.5, 0.6) is 0 Å². The summed E-state index contributed by atoms with van der Waals surface area (Å²) in [6, 6.07) is 4.93. The SMILES string of the molecule is C=CCNC(=O)[C@@H]1CCCN1[C@@H](C(=O)NC)c1ccccc1F. The quantitative estimate of drug-likeness (QED) is 0.779. The van der Waals surface area contributed by atoms with Crippen molar-refractivity contribution in [1.82, 2.24) is 15.5 Å². The highest BCUT2D eigenvalue weighted by molar-refractivity contribution is 5.86. The van der Waals surface area contributed by atoms with Crippen molar-refractivity contribution < 1.29 is 14.0 Å². The van der Waals surface area contributed by atoms with Gasteiger partial charge in [0.15, 0.2) is 0 Å². The van der Waals surface area contributed by atoms with Crippen LogP contribution in [0.2, 0.25) is 0 Å². The number of hydrogen-bond donors (Lipinski definition) is 2. The van der Waals surface area contributed by atoms with Crippen LogP contribution in [0.4, 0.5) is 4.39 Å². The lowest BCUT2D eigenvalue weighted by Crippen LogP contribution is -2.48. The van der Waals surface area contributed by atoms with E-state index in [2.05, 4.69) is 17.2 Å². The molecule has 0 saturated carbocycles. The van der Waals surface area contributed by atoms with Crippen molar-refractivity contribution in [3.8, 4) is 0 Å². The van der Waals surface area contributed by atoms with E-state index in [9.17, 15) is 14.0 Å². The molecule has 6 heteroatoms. The molecule has 1 aliphatic heterocycles. The van der Waals surface area contributed by atoms with Gasteiger partial charge in [-0.05, 0) is 18.9 Å². The Bertz CT molecular complexity index is 591. The van der Waals surface area contributed by atoms with E-state index in [-0.39, 0.29) is 17.4 Å². The van der Waals surface area contributed by atoms with Crippen molar-refractivity contribution in [3.63, 3.8) is 0 Å². The van der Waals surface area contributed by atoms with E-state index in [4.69, 9.17) is 0 Å². The first kappa shape index (κ1) is 17.1. The van der Waals surface area contributed by atoms with Gasteiger partial charge in [-0.3, -0.25) is 14.5 Å². The van der Waals surface area contributed by atoms with E-state index in [1.54, 1.807) is 29.2 Å². The molecular weight excluding hydrogens is 297 g/mol. The van der Waals surface area contributed by atoms with Crippen molar-refractivity contribution in [2.75, 3.05) is 20.1 Å². The van der Waals surface area contributed by atoms with Crippen LogP contribution in [0.15, 0.2) is 36.9 Å². The lowest BCUT2D eigenvalue weighted by Gasteiger charge is -2.31. The first-order chi connectivity index (χ1) is 11.1. The van der Waals surface area contributed by atoms with Gasteiger partial charge in [-0.2, -0.15) is 0 Å². The van der Waals surface area contributed by atoms with Gasteiger partial charge in [0.25, 0.3) is 0 Å². The molecule has 23 heavy (non-hydrogen) atoms. The molecule has 0 spiro atoms. The van der Waals surface area contributed by atoms with Crippen LogP contribution in [0, 0.1) is 5.82 Å². The Hall–Kier alpha value is -2.21. The Labute approximate surface area is 135 Å². The largest absolute Gasteiger partial charge is 0.358 e. The number of benzene rings is 1. The third kappa shape index (κ3) is 3.76. The maximum Gasteiger partial charge on any atom is 0.241 e. The van der Waals surface area contributed by atoms with Crippen LogP contribution in [0.25, 0.3) is 0 Å². The normalized spacial score (nSPS) is 19.1. The van der Waals surface area contributed by atoms with E-state index in [0.717, 1.165) is 6.42 Å². The molecule has 124 valence electrons. The Kier molecular flexibility index (Phi) is 5.87. The molecular formula is C17H22FN3O2. The zero-order valence-corrected chi connectivity index (χ0v) is 13.2. The molecule has 1 aromatic rings. The van der Waals surface area contributed by atoms with Gasteiger partial charge in [0.2, 0.25) is 11.8 Å². The van der Waals surface area contributed by atoms with Crippen molar-refractivity contribution in [1.29, 1.82) is 0 Å². The zero-order valence-electron chi connectivity index (χ0n) is 13.2.